The van der Waals surface area contributed by atoms with E-state index in [0.717, 1.165) is 53.4 Å². The van der Waals surface area contributed by atoms with Crippen LogP contribution in [0.1, 0.15) is 32.1 Å². The molecule has 2 heterocycles. The first-order chi connectivity index (χ1) is 20.6. The Labute approximate surface area is 248 Å². The third kappa shape index (κ3) is 4.77. The molecule has 7 heteroatoms. The van der Waals surface area contributed by atoms with Crippen LogP contribution in [-0.4, -0.2) is 31.8 Å². The Hall–Kier alpha value is -4.36. The number of nitrogens with one attached hydrogen (secondary N) is 1. The Morgan fingerprint density at radius 3 is 2.50 bits per heavy atom. The van der Waals surface area contributed by atoms with Crippen LogP contribution in [0.3, 0.4) is 0 Å². The van der Waals surface area contributed by atoms with Crippen molar-refractivity contribution in [3.8, 4) is 16.8 Å². The van der Waals surface area contributed by atoms with Gasteiger partial charge in [-0.25, -0.2) is 4.98 Å². The number of carbonyl (C=O) groups excluding carboxylic acids is 1. The van der Waals surface area contributed by atoms with Gasteiger partial charge in [-0.15, -0.1) is 0 Å². The van der Waals surface area contributed by atoms with Gasteiger partial charge in [0.2, 0.25) is 5.91 Å². The molecular formula is C35H32N4O2S. The van der Waals surface area contributed by atoms with E-state index in [1.54, 1.807) is 4.57 Å². The standard InChI is InChI=1S/C35H32N4O2S/c1-38-30-20-19-24(28-18-10-12-23-11-8-9-17-27(23)28)21-29(30)32-33(38)34(41)39(26-15-6-3-7-16-26)35(37-32)42-22-31(40)36-25-13-4-2-5-14-25/h3,6-12,15-21,25H,2,4-5,13-14,22H2,1H3,(H,36,40). The highest BCUT2D eigenvalue weighted by Crippen LogP contribution is 2.34. The zero-order valence-corrected chi connectivity index (χ0v) is 24.4. The van der Waals surface area contributed by atoms with Crippen LogP contribution in [0.2, 0.25) is 0 Å². The minimum Gasteiger partial charge on any atom is -0.353 e. The summed E-state index contributed by atoms with van der Waals surface area (Å²) in [6.45, 7) is 0. The van der Waals surface area contributed by atoms with Crippen molar-refractivity contribution >= 4 is 50.4 Å². The van der Waals surface area contributed by atoms with E-state index in [9.17, 15) is 9.59 Å². The molecular weight excluding hydrogens is 540 g/mol. The van der Waals surface area contributed by atoms with Crippen molar-refractivity contribution in [3.05, 3.63) is 101 Å². The van der Waals surface area contributed by atoms with Crippen molar-refractivity contribution in [1.29, 1.82) is 0 Å². The fourth-order valence-corrected chi connectivity index (χ4v) is 7.13. The van der Waals surface area contributed by atoms with E-state index in [1.807, 2.05) is 41.9 Å². The average molecular weight is 573 g/mol. The molecule has 1 saturated carbocycles. The second-order valence-electron chi connectivity index (χ2n) is 11.1. The molecule has 7 rings (SSSR count). The molecule has 1 fully saturated rings. The largest absolute Gasteiger partial charge is 0.353 e. The van der Waals surface area contributed by atoms with Crippen LogP contribution in [0.4, 0.5) is 0 Å². The molecule has 1 aliphatic carbocycles. The predicted octanol–water partition coefficient (Wildman–Crippen LogP) is 7.24. The van der Waals surface area contributed by atoms with Crippen molar-refractivity contribution in [2.24, 2.45) is 7.05 Å². The Balaban J connectivity index is 1.36. The van der Waals surface area contributed by atoms with Crippen LogP contribution in [0.5, 0.6) is 0 Å². The van der Waals surface area contributed by atoms with Gasteiger partial charge < -0.3 is 9.88 Å². The summed E-state index contributed by atoms with van der Waals surface area (Å²) in [6.07, 6.45) is 5.62. The van der Waals surface area contributed by atoms with Crippen LogP contribution in [0, 0.1) is 0 Å². The van der Waals surface area contributed by atoms with Gasteiger partial charge in [0.05, 0.1) is 17.0 Å². The molecule has 42 heavy (non-hydrogen) atoms. The molecule has 1 N–H and O–H groups in total. The maximum absolute atomic E-state index is 14.2. The van der Waals surface area contributed by atoms with E-state index in [4.69, 9.17) is 4.98 Å². The van der Waals surface area contributed by atoms with Gasteiger partial charge in [-0.2, -0.15) is 0 Å². The number of rotatable bonds is 6. The second kappa shape index (κ2) is 11.1. The van der Waals surface area contributed by atoms with Crippen LogP contribution in [0.15, 0.2) is 101 Å². The fraction of sp³-hybridized carbons (Fsp3) is 0.229. The zero-order valence-electron chi connectivity index (χ0n) is 23.5. The average Bonchev–Trinajstić information content (AvgIpc) is 3.31. The number of thioether (sulfide) groups is 1. The number of nitrogens with zero attached hydrogens (tertiary/aromatic N) is 3. The fourth-order valence-electron chi connectivity index (χ4n) is 6.31. The van der Waals surface area contributed by atoms with Crippen molar-refractivity contribution < 1.29 is 4.79 Å². The van der Waals surface area contributed by atoms with E-state index >= 15 is 0 Å². The lowest BCUT2D eigenvalue weighted by Gasteiger charge is -2.22. The number of hydrogen-bond acceptors (Lipinski definition) is 4. The lowest BCUT2D eigenvalue weighted by Crippen LogP contribution is -2.37. The van der Waals surface area contributed by atoms with Gasteiger partial charge in [0.15, 0.2) is 5.16 Å². The molecule has 0 unspecified atom stereocenters. The molecule has 2 aromatic heterocycles. The molecule has 210 valence electrons. The Kier molecular flexibility index (Phi) is 7.04. The minimum absolute atomic E-state index is 0.0166. The molecule has 0 bridgehead atoms. The summed E-state index contributed by atoms with van der Waals surface area (Å²) >= 11 is 1.32. The Morgan fingerprint density at radius 1 is 0.905 bits per heavy atom. The van der Waals surface area contributed by atoms with E-state index in [2.05, 4.69) is 66.0 Å². The molecule has 0 atom stereocenters. The summed E-state index contributed by atoms with van der Waals surface area (Å²) in [7, 11) is 1.92. The molecule has 0 radical (unpaired) electrons. The monoisotopic (exact) mass is 572 g/mol. The number of fused-ring (bicyclic) bond motifs is 4. The molecule has 0 aliphatic heterocycles. The summed E-state index contributed by atoms with van der Waals surface area (Å²) in [4.78, 5) is 32.3. The van der Waals surface area contributed by atoms with E-state index in [1.165, 1.54) is 29.0 Å². The number of aromatic nitrogens is 3. The molecule has 0 spiro atoms. The summed E-state index contributed by atoms with van der Waals surface area (Å²) in [5.74, 6) is 0.185. The van der Waals surface area contributed by atoms with E-state index in [-0.39, 0.29) is 23.3 Å². The van der Waals surface area contributed by atoms with Crippen molar-refractivity contribution in [2.45, 2.75) is 43.3 Å². The van der Waals surface area contributed by atoms with Gasteiger partial charge in [0.1, 0.15) is 11.0 Å². The SMILES string of the molecule is Cn1c2ccc(-c3cccc4ccccc34)cc2c2nc(SCC(=O)NC3CCCCC3)n(-c3ccccc3)c(=O)c21. The highest BCUT2D eigenvalue weighted by Gasteiger charge is 2.22. The topological polar surface area (TPSA) is 68.9 Å². The third-order valence-electron chi connectivity index (χ3n) is 8.39. The summed E-state index contributed by atoms with van der Waals surface area (Å²) in [5.41, 5.74) is 4.93. The van der Waals surface area contributed by atoms with Crippen LogP contribution in [0.25, 0.3) is 49.5 Å². The van der Waals surface area contributed by atoms with Crippen molar-refractivity contribution in [3.63, 3.8) is 0 Å². The van der Waals surface area contributed by atoms with Crippen molar-refractivity contribution in [2.75, 3.05) is 5.75 Å². The van der Waals surface area contributed by atoms with Crippen LogP contribution >= 0.6 is 11.8 Å². The molecule has 1 amide bonds. The van der Waals surface area contributed by atoms with Gasteiger partial charge in [-0.3, -0.25) is 14.2 Å². The highest BCUT2D eigenvalue weighted by molar-refractivity contribution is 7.99. The van der Waals surface area contributed by atoms with Gasteiger partial charge in [-0.1, -0.05) is 97.8 Å². The lowest BCUT2D eigenvalue weighted by atomic mass is 9.95. The summed E-state index contributed by atoms with van der Waals surface area (Å²) in [5, 5.41) is 6.99. The number of amides is 1. The van der Waals surface area contributed by atoms with E-state index in [0.29, 0.717) is 16.2 Å². The van der Waals surface area contributed by atoms with Gasteiger partial charge in [0, 0.05) is 18.5 Å². The quantitative estimate of drug-likeness (QED) is 0.169. The van der Waals surface area contributed by atoms with Gasteiger partial charge in [0.25, 0.3) is 5.56 Å². The number of aryl methyl sites for hydroxylation is 1. The van der Waals surface area contributed by atoms with Crippen LogP contribution in [-0.2, 0) is 11.8 Å². The molecule has 6 aromatic rings. The predicted molar refractivity (Wildman–Crippen MR) is 172 cm³/mol. The number of hydrogen-bond donors (Lipinski definition) is 1. The van der Waals surface area contributed by atoms with Crippen molar-refractivity contribution in [1.82, 2.24) is 19.4 Å². The number of para-hydroxylation sites is 1. The molecule has 6 nitrogen and oxygen atoms in total. The first-order valence-corrected chi connectivity index (χ1v) is 15.6. The summed E-state index contributed by atoms with van der Waals surface area (Å²) < 4.78 is 3.59. The normalized spacial score (nSPS) is 14.1. The van der Waals surface area contributed by atoms with E-state index < -0.39 is 0 Å². The number of benzene rings is 4. The lowest BCUT2D eigenvalue weighted by molar-refractivity contribution is -0.119. The molecule has 0 saturated heterocycles. The zero-order chi connectivity index (χ0) is 28.6. The minimum atomic E-state index is -0.146. The molecule has 4 aromatic carbocycles. The molecule has 1 aliphatic rings. The highest BCUT2D eigenvalue weighted by atomic mass is 32.2. The maximum Gasteiger partial charge on any atom is 0.283 e. The maximum atomic E-state index is 14.2. The Morgan fingerprint density at radius 2 is 1.67 bits per heavy atom. The van der Waals surface area contributed by atoms with Gasteiger partial charge >= 0.3 is 0 Å². The van der Waals surface area contributed by atoms with Gasteiger partial charge in [-0.05, 0) is 59.0 Å². The third-order valence-corrected chi connectivity index (χ3v) is 9.33. The smallest absolute Gasteiger partial charge is 0.283 e. The Bertz CT molecular complexity index is 2000. The number of carbonyl (C=O) groups is 1. The first kappa shape index (κ1) is 26.5. The van der Waals surface area contributed by atoms with Crippen LogP contribution < -0.4 is 10.9 Å². The summed E-state index contributed by atoms with van der Waals surface area (Å²) in [6, 6.07) is 30.8. The first-order valence-electron chi connectivity index (χ1n) is 14.6. The second-order valence-corrected chi connectivity index (χ2v) is 12.0.